The number of rotatable bonds is 5. The highest BCUT2D eigenvalue weighted by molar-refractivity contribution is 7.85. The highest BCUT2D eigenvalue weighted by Gasteiger charge is 2.29. The Morgan fingerprint density at radius 3 is 2.75 bits per heavy atom. The summed E-state index contributed by atoms with van der Waals surface area (Å²) in [4.78, 5) is 0. The molecular weight excluding hydrogens is 222 g/mol. The van der Waals surface area contributed by atoms with Crippen LogP contribution in [0.2, 0.25) is 0 Å². The van der Waals surface area contributed by atoms with E-state index in [0.717, 1.165) is 25.9 Å². The first-order chi connectivity index (χ1) is 7.46. The van der Waals surface area contributed by atoms with Crippen molar-refractivity contribution in [2.75, 3.05) is 12.4 Å². The predicted molar refractivity (Wildman–Crippen MR) is 65.5 cm³/mol. The van der Waals surface area contributed by atoms with Gasteiger partial charge in [0.25, 0.3) is 0 Å². The standard InChI is InChI=1S/C12H21NO2S/c1-10-11(5-7-15-10)16(14)8-4-6-12(2,3)9-13/h10-11H,4-8H2,1-3H3. The van der Waals surface area contributed by atoms with Gasteiger partial charge in [-0.15, -0.1) is 0 Å². The molecule has 3 unspecified atom stereocenters. The summed E-state index contributed by atoms with van der Waals surface area (Å²) in [6.07, 6.45) is 2.72. The zero-order valence-corrected chi connectivity index (χ0v) is 11.2. The van der Waals surface area contributed by atoms with Crippen molar-refractivity contribution >= 4 is 10.8 Å². The fraction of sp³-hybridized carbons (Fsp3) is 0.917. The Morgan fingerprint density at radius 1 is 1.56 bits per heavy atom. The van der Waals surface area contributed by atoms with E-state index in [4.69, 9.17) is 10.00 Å². The average molecular weight is 243 g/mol. The summed E-state index contributed by atoms with van der Waals surface area (Å²) in [6, 6.07) is 2.27. The van der Waals surface area contributed by atoms with E-state index in [0.29, 0.717) is 5.75 Å². The first kappa shape index (κ1) is 13.7. The molecule has 0 saturated carbocycles. The lowest BCUT2D eigenvalue weighted by Gasteiger charge is -2.16. The summed E-state index contributed by atoms with van der Waals surface area (Å²) in [7, 11) is -0.797. The van der Waals surface area contributed by atoms with E-state index in [1.807, 2.05) is 20.8 Å². The maximum Gasteiger partial charge on any atom is 0.0691 e. The Balaban J connectivity index is 2.28. The molecule has 92 valence electrons. The molecule has 0 amide bonds. The monoisotopic (exact) mass is 243 g/mol. The minimum Gasteiger partial charge on any atom is -0.377 e. The van der Waals surface area contributed by atoms with E-state index in [2.05, 4.69) is 6.07 Å². The number of nitrogens with zero attached hydrogens (tertiary/aromatic N) is 1. The van der Waals surface area contributed by atoms with Crippen molar-refractivity contribution in [3.8, 4) is 6.07 Å². The Labute approximate surface area is 101 Å². The predicted octanol–water partition coefficient (Wildman–Crippen LogP) is 2.24. The third-order valence-corrected chi connectivity index (χ3v) is 5.08. The summed E-state index contributed by atoms with van der Waals surface area (Å²) in [5.74, 6) is 0.698. The van der Waals surface area contributed by atoms with Crippen LogP contribution in [0.5, 0.6) is 0 Å². The summed E-state index contributed by atoms with van der Waals surface area (Å²) < 4.78 is 17.4. The van der Waals surface area contributed by atoms with Crippen LogP contribution in [-0.2, 0) is 15.5 Å². The number of nitriles is 1. The van der Waals surface area contributed by atoms with Gasteiger partial charge in [-0.3, -0.25) is 4.21 Å². The van der Waals surface area contributed by atoms with Crippen molar-refractivity contribution in [2.45, 2.75) is 51.4 Å². The fourth-order valence-electron chi connectivity index (χ4n) is 1.92. The molecule has 0 N–H and O–H groups in total. The Morgan fingerprint density at radius 2 is 2.25 bits per heavy atom. The molecule has 4 heteroatoms. The molecule has 1 fully saturated rings. The third kappa shape index (κ3) is 3.88. The van der Waals surface area contributed by atoms with Gasteiger partial charge in [0.15, 0.2) is 0 Å². The smallest absolute Gasteiger partial charge is 0.0691 e. The molecule has 1 aliphatic heterocycles. The molecule has 0 aromatic rings. The van der Waals surface area contributed by atoms with E-state index in [1.165, 1.54) is 0 Å². The van der Waals surface area contributed by atoms with E-state index in [-0.39, 0.29) is 16.8 Å². The molecule has 0 aromatic heterocycles. The minimum absolute atomic E-state index is 0.129. The van der Waals surface area contributed by atoms with Crippen molar-refractivity contribution < 1.29 is 8.95 Å². The van der Waals surface area contributed by atoms with Crippen LogP contribution in [0.1, 0.15) is 40.0 Å². The zero-order chi connectivity index (χ0) is 12.2. The van der Waals surface area contributed by atoms with Crippen molar-refractivity contribution in [2.24, 2.45) is 5.41 Å². The number of hydrogen-bond donors (Lipinski definition) is 0. The summed E-state index contributed by atoms with van der Waals surface area (Å²) in [5, 5.41) is 9.07. The van der Waals surface area contributed by atoms with Gasteiger partial charge in [-0.2, -0.15) is 5.26 Å². The van der Waals surface area contributed by atoms with Crippen LogP contribution in [0.4, 0.5) is 0 Å². The van der Waals surface area contributed by atoms with Gasteiger partial charge >= 0.3 is 0 Å². The second-order valence-corrected chi connectivity index (χ2v) is 6.86. The molecule has 16 heavy (non-hydrogen) atoms. The lowest BCUT2D eigenvalue weighted by Crippen LogP contribution is -2.25. The van der Waals surface area contributed by atoms with E-state index in [1.54, 1.807) is 0 Å². The van der Waals surface area contributed by atoms with Crippen LogP contribution in [0.15, 0.2) is 0 Å². The lowest BCUT2D eigenvalue weighted by atomic mass is 9.90. The van der Waals surface area contributed by atoms with Crippen molar-refractivity contribution in [1.82, 2.24) is 0 Å². The summed E-state index contributed by atoms with van der Waals surface area (Å²) >= 11 is 0. The van der Waals surface area contributed by atoms with Crippen molar-refractivity contribution in [3.63, 3.8) is 0 Å². The molecular formula is C12H21NO2S. The van der Waals surface area contributed by atoms with Gasteiger partial charge in [-0.25, -0.2) is 0 Å². The maximum atomic E-state index is 12.0. The number of hydrogen-bond acceptors (Lipinski definition) is 3. The molecule has 1 aliphatic rings. The largest absolute Gasteiger partial charge is 0.377 e. The Bertz CT molecular complexity index is 296. The van der Waals surface area contributed by atoms with Gasteiger partial charge < -0.3 is 4.74 Å². The second-order valence-electron chi connectivity index (χ2n) is 5.09. The topological polar surface area (TPSA) is 50.1 Å². The third-order valence-electron chi connectivity index (χ3n) is 3.09. The molecule has 0 bridgehead atoms. The van der Waals surface area contributed by atoms with Gasteiger partial charge in [0.2, 0.25) is 0 Å². The Hall–Kier alpha value is -0.400. The molecule has 0 aliphatic carbocycles. The SMILES string of the molecule is CC1OCCC1S(=O)CCCC(C)(C)C#N. The van der Waals surface area contributed by atoms with Crippen LogP contribution < -0.4 is 0 Å². The molecule has 1 rings (SSSR count). The molecule has 0 spiro atoms. The molecule has 1 saturated heterocycles. The fourth-order valence-corrected chi connectivity index (χ4v) is 3.52. The van der Waals surface area contributed by atoms with Crippen LogP contribution in [0.3, 0.4) is 0 Å². The number of ether oxygens (including phenoxy) is 1. The molecule has 3 nitrogen and oxygen atoms in total. The quantitative estimate of drug-likeness (QED) is 0.744. The summed E-state index contributed by atoms with van der Waals surface area (Å²) in [6.45, 7) is 6.59. The zero-order valence-electron chi connectivity index (χ0n) is 10.4. The first-order valence-electron chi connectivity index (χ1n) is 5.86. The maximum absolute atomic E-state index is 12.0. The summed E-state index contributed by atoms with van der Waals surface area (Å²) in [5.41, 5.74) is -0.290. The van der Waals surface area contributed by atoms with Gasteiger partial charge in [-0.05, 0) is 40.0 Å². The Kier molecular flexibility index (Phi) is 4.94. The van der Waals surface area contributed by atoms with Crippen LogP contribution in [-0.4, -0.2) is 27.9 Å². The second kappa shape index (κ2) is 5.79. The lowest BCUT2D eigenvalue weighted by molar-refractivity contribution is 0.127. The first-order valence-corrected chi connectivity index (χ1v) is 7.24. The molecule has 0 aromatic carbocycles. The highest BCUT2D eigenvalue weighted by Crippen LogP contribution is 2.23. The van der Waals surface area contributed by atoms with Crippen LogP contribution in [0, 0.1) is 16.7 Å². The van der Waals surface area contributed by atoms with Gasteiger partial charge in [0, 0.05) is 23.2 Å². The van der Waals surface area contributed by atoms with Gasteiger partial charge in [0.1, 0.15) is 0 Å². The van der Waals surface area contributed by atoms with Crippen molar-refractivity contribution in [1.29, 1.82) is 5.26 Å². The van der Waals surface area contributed by atoms with Crippen LogP contribution in [0.25, 0.3) is 0 Å². The van der Waals surface area contributed by atoms with E-state index >= 15 is 0 Å². The minimum atomic E-state index is -0.797. The molecule has 1 heterocycles. The van der Waals surface area contributed by atoms with E-state index in [9.17, 15) is 4.21 Å². The van der Waals surface area contributed by atoms with Crippen LogP contribution >= 0.6 is 0 Å². The molecule has 3 atom stereocenters. The molecule has 0 radical (unpaired) electrons. The van der Waals surface area contributed by atoms with E-state index < -0.39 is 10.8 Å². The highest BCUT2D eigenvalue weighted by atomic mass is 32.2. The van der Waals surface area contributed by atoms with Gasteiger partial charge in [-0.1, -0.05) is 0 Å². The van der Waals surface area contributed by atoms with Gasteiger partial charge in [0.05, 0.1) is 22.8 Å². The van der Waals surface area contributed by atoms with Crippen molar-refractivity contribution in [3.05, 3.63) is 0 Å². The normalized spacial score (nSPS) is 27.6. The average Bonchev–Trinajstić information content (AvgIpc) is 2.64.